The van der Waals surface area contributed by atoms with Gasteiger partial charge in [0.05, 0.1) is 6.61 Å². The molecule has 72 valence electrons. The lowest BCUT2D eigenvalue weighted by Gasteiger charge is -2.17. The molecular weight excluding hydrogens is 166 g/mol. The van der Waals surface area contributed by atoms with Crippen molar-refractivity contribution in [2.75, 3.05) is 25.1 Å². The zero-order valence-corrected chi connectivity index (χ0v) is 8.28. The summed E-state index contributed by atoms with van der Waals surface area (Å²) < 4.78 is 0. The van der Waals surface area contributed by atoms with Gasteiger partial charge in [0, 0.05) is 25.4 Å². The van der Waals surface area contributed by atoms with E-state index in [0.29, 0.717) is 6.54 Å². The molecule has 0 radical (unpaired) electrons. The van der Waals surface area contributed by atoms with Crippen LogP contribution >= 0.6 is 0 Å². The molecule has 0 bridgehead atoms. The Hall–Kier alpha value is -1.16. The Kier molecular flexibility index (Phi) is 3.19. The van der Waals surface area contributed by atoms with Crippen molar-refractivity contribution in [1.82, 2.24) is 9.97 Å². The second kappa shape index (κ2) is 4.18. The quantitative estimate of drug-likeness (QED) is 0.738. The number of rotatable bonds is 3. The van der Waals surface area contributed by atoms with Crippen LogP contribution < -0.4 is 4.90 Å². The molecule has 1 aromatic rings. The topological polar surface area (TPSA) is 49.2 Å². The van der Waals surface area contributed by atoms with Gasteiger partial charge < -0.3 is 10.0 Å². The Morgan fingerprint density at radius 3 is 2.62 bits per heavy atom. The molecule has 0 aliphatic rings. The Labute approximate surface area is 78.2 Å². The summed E-state index contributed by atoms with van der Waals surface area (Å²) in [5.41, 5.74) is 0.951. The van der Waals surface area contributed by atoms with Crippen LogP contribution in [0.2, 0.25) is 0 Å². The highest BCUT2D eigenvalue weighted by atomic mass is 16.3. The summed E-state index contributed by atoms with van der Waals surface area (Å²) in [6.45, 7) is 4.53. The van der Waals surface area contributed by atoms with Crippen LogP contribution in [0.4, 0.5) is 5.82 Å². The highest BCUT2D eigenvalue weighted by Crippen LogP contribution is 2.09. The predicted octanol–water partition coefficient (Wildman–Crippen LogP) is 0.522. The van der Waals surface area contributed by atoms with Gasteiger partial charge in [0.15, 0.2) is 0 Å². The summed E-state index contributed by atoms with van der Waals surface area (Å²) in [6, 6.07) is 1.91. The summed E-state index contributed by atoms with van der Waals surface area (Å²) in [7, 11) is 1.90. The van der Waals surface area contributed by atoms with E-state index in [1.54, 1.807) is 0 Å². The molecule has 1 N–H and O–H groups in total. The molecule has 0 fully saturated rings. The number of hydrogen-bond donors (Lipinski definition) is 1. The van der Waals surface area contributed by atoms with E-state index in [0.717, 1.165) is 17.3 Å². The SMILES string of the molecule is Cc1cc(N(C)CCO)nc(C)n1. The number of aliphatic hydroxyl groups is 1. The summed E-state index contributed by atoms with van der Waals surface area (Å²) >= 11 is 0. The molecule has 4 nitrogen and oxygen atoms in total. The first-order chi connectivity index (χ1) is 6.13. The van der Waals surface area contributed by atoms with Crippen molar-refractivity contribution < 1.29 is 5.11 Å². The molecule has 1 rings (SSSR count). The third-order valence-corrected chi connectivity index (χ3v) is 1.78. The number of aliphatic hydroxyl groups excluding tert-OH is 1. The van der Waals surface area contributed by atoms with Crippen LogP contribution in [0.3, 0.4) is 0 Å². The molecule has 0 atom stereocenters. The molecule has 13 heavy (non-hydrogen) atoms. The van der Waals surface area contributed by atoms with Crippen molar-refractivity contribution in [3.05, 3.63) is 17.6 Å². The first kappa shape index (κ1) is 9.92. The van der Waals surface area contributed by atoms with Gasteiger partial charge >= 0.3 is 0 Å². The third-order valence-electron chi connectivity index (χ3n) is 1.78. The highest BCUT2D eigenvalue weighted by molar-refractivity contribution is 5.38. The van der Waals surface area contributed by atoms with Gasteiger partial charge in [0.25, 0.3) is 0 Å². The lowest BCUT2D eigenvalue weighted by Crippen LogP contribution is -2.22. The van der Waals surface area contributed by atoms with E-state index in [4.69, 9.17) is 5.11 Å². The smallest absolute Gasteiger partial charge is 0.132 e. The number of anilines is 1. The minimum Gasteiger partial charge on any atom is -0.395 e. The van der Waals surface area contributed by atoms with Gasteiger partial charge in [-0.3, -0.25) is 0 Å². The average molecular weight is 181 g/mol. The molecule has 4 heteroatoms. The van der Waals surface area contributed by atoms with E-state index in [1.165, 1.54) is 0 Å². The van der Waals surface area contributed by atoms with Gasteiger partial charge in [-0.2, -0.15) is 0 Å². The van der Waals surface area contributed by atoms with E-state index < -0.39 is 0 Å². The van der Waals surface area contributed by atoms with Crippen molar-refractivity contribution in [2.45, 2.75) is 13.8 Å². The monoisotopic (exact) mass is 181 g/mol. The Morgan fingerprint density at radius 1 is 1.38 bits per heavy atom. The summed E-state index contributed by atoms with van der Waals surface area (Å²) in [6.07, 6.45) is 0. The minimum absolute atomic E-state index is 0.137. The maximum atomic E-state index is 8.75. The molecule has 0 aliphatic heterocycles. The number of aromatic nitrogens is 2. The summed E-state index contributed by atoms with van der Waals surface area (Å²) in [5, 5.41) is 8.75. The number of nitrogens with zero attached hydrogens (tertiary/aromatic N) is 3. The van der Waals surface area contributed by atoms with E-state index in [-0.39, 0.29) is 6.61 Å². The van der Waals surface area contributed by atoms with Gasteiger partial charge in [0.1, 0.15) is 11.6 Å². The van der Waals surface area contributed by atoms with Gasteiger partial charge in [-0.05, 0) is 13.8 Å². The average Bonchev–Trinajstić information content (AvgIpc) is 2.03. The van der Waals surface area contributed by atoms with Crippen molar-refractivity contribution in [2.24, 2.45) is 0 Å². The zero-order valence-electron chi connectivity index (χ0n) is 8.28. The summed E-state index contributed by atoms with van der Waals surface area (Å²) in [5.74, 6) is 1.62. The fraction of sp³-hybridized carbons (Fsp3) is 0.556. The van der Waals surface area contributed by atoms with E-state index in [1.807, 2.05) is 31.9 Å². The highest BCUT2D eigenvalue weighted by Gasteiger charge is 2.03. The maximum absolute atomic E-state index is 8.75. The molecule has 1 aromatic heterocycles. The van der Waals surface area contributed by atoms with Crippen LogP contribution in [0.1, 0.15) is 11.5 Å². The second-order valence-corrected chi connectivity index (χ2v) is 3.06. The standard InChI is InChI=1S/C9H15N3O/c1-7-6-9(11-8(2)10-7)12(3)4-5-13/h6,13H,4-5H2,1-3H3. The fourth-order valence-electron chi connectivity index (χ4n) is 1.16. The molecule has 0 amide bonds. The molecule has 0 saturated heterocycles. The van der Waals surface area contributed by atoms with Crippen molar-refractivity contribution in [1.29, 1.82) is 0 Å². The molecule has 1 heterocycles. The largest absolute Gasteiger partial charge is 0.395 e. The minimum atomic E-state index is 0.137. The number of hydrogen-bond acceptors (Lipinski definition) is 4. The molecule has 0 aliphatic carbocycles. The summed E-state index contributed by atoms with van der Waals surface area (Å²) in [4.78, 5) is 10.3. The molecule has 0 spiro atoms. The first-order valence-electron chi connectivity index (χ1n) is 4.28. The Balaban J connectivity index is 2.87. The third kappa shape index (κ3) is 2.66. The predicted molar refractivity (Wildman–Crippen MR) is 51.9 cm³/mol. The second-order valence-electron chi connectivity index (χ2n) is 3.06. The van der Waals surface area contributed by atoms with Crippen LogP contribution in [0.5, 0.6) is 0 Å². The van der Waals surface area contributed by atoms with Crippen molar-refractivity contribution >= 4 is 5.82 Å². The number of likely N-dealkylation sites (N-methyl/N-ethyl adjacent to an activating group) is 1. The van der Waals surface area contributed by atoms with Crippen LogP contribution in [0.25, 0.3) is 0 Å². The maximum Gasteiger partial charge on any atom is 0.132 e. The lowest BCUT2D eigenvalue weighted by atomic mass is 10.4. The molecular formula is C9H15N3O. The zero-order chi connectivity index (χ0) is 9.84. The van der Waals surface area contributed by atoms with Gasteiger partial charge in [0.2, 0.25) is 0 Å². The van der Waals surface area contributed by atoms with Crippen LogP contribution in [-0.2, 0) is 0 Å². The van der Waals surface area contributed by atoms with Gasteiger partial charge in [-0.15, -0.1) is 0 Å². The van der Waals surface area contributed by atoms with E-state index in [9.17, 15) is 0 Å². The fourth-order valence-corrected chi connectivity index (χ4v) is 1.16. The molecule has 0 aromatic carbocycles. The van der Waals surface area contributed by atoms with Gasteiger partial charge in [-0.25, -0.2) is 9.97 Å². The number of aryl methyl sites for hydroxylation is 2. The lowest BCUT2D eigenvalue weighted by molar-refractivity contribution is 0.304. The van der Waals surface area contributed by atoms with Crippen LogP contribution in [0.15, 0.2) is 6.07 Å². The molecule has 0 saturated carbocycles. The molecule has 0 unspecified atom stereocenters. The van der Waals surface area contributed by atoms with Crippen molar-refractivity contribution in [3.63, 3.8) is 0 Å². The van der Waals surface area contributed by atoms with Crippen molar-refractivity contribution in [3.8, 4) is 0 Å². The Bertz CT molecular complexity index is 268. The normalized spacial score (nSPS) is 10.2. The van der Waals surface area contributed by atoms with Crippen LogP contribution in [-0.4, -0.2) is 35.3 Å². The first-order valence-corrected chi connectivity index (χ1v) is 4.28. The Morgan fingerprint density at radius 2 is 2.08 bits per heavy atom. The van der Waals surface area contributed by atoms with Gasteiger partial charge in [-0.1, -0.05) is 0 Å². The van der Waals surface area contributed by atoms with Crippen LogP contribution in [0, 0.1) is 13.8 Å². The van der Waals surface area contributed by atoms with E-state index >= 15 is 0 Å². The van der Waals surface area contributed by atoms with E-state index in [2.05, 4.69) is 9.97 Å².